The van der Waals surface area contributed by atoms with Gasteiger partial charge in [-0.2, -0.15) is 5.26 Å². The molecule has 0 fully saturated rings. The molecule has 3 aromatic rings. The van der Waals surface area contributed by atoms with Gasteiger partial charge < -0.3 is 9.30 Å². The minimum Gasteiger partial charge on any atom is -0.464 e. The number of halogens is 2. The number of aromatic nitrogens is 1. The van der Waals surface area contributed by atoms with E-state index in [1.807, 2.05) is 48.7 Å². The van der Waals surface area contributed by atoms with Crippen LogP contribution in [-0.4, -0.2) is 17.6 Å². The fourth-order valence-electron chi connectivity index (χ4n) is 3.63. The molecule has 6 heteroatoms. The van der Waals surface area contributed by atoms with Gasteiger partial charge in [0.2, 0.25) is 0 Å². The van der Waals surface area contributed by atoms with Crippen LogP contribution >= 0.6 is 23.2 Å². The van der Waals surface area contributed by atoms with E-state index in [0.717, 1.165) is 22.4 Å². The molecule has 0 unspecified atom stereocenters. The van der Waals surface area contributed by atoms with Gasteiger partial charge in [0.15, 0.2) is 0 Å². The van der Waals surface area contributed by atoms with Crippen LogP contribution in [0.25, 0.3) is 22.3 Å². The number of esters is 1. The van der Waals surface area contributed by atoms with Gasteiger partial charge in [-0.15, -0.1) is 0 Å². The average Bonchev–Trinajstić information content (AvgIpc) is 3.06. The molecule has 0 aliphatic rings. The predicted molar refractivity (Wildman–Crippen MR) is 116 cm³/mol. The number of rotatable bonds is 5. The molecule has 3 rings (SSSR count). The Morgan fingerprint density at radius 3 is 2.28 bits per heavy atom. The van der Waals surface area contributed by atoms with E-state index in [-0.39, 0.29) is 0 Å². The summed E-state index contributed by atoms with van der Waals surface area (Å²) in [5.41, 5.74) is 4.89. The number of benzene rings is 2. The zero-order chi connectivity index (χ0) is 21.1. The SMILES string of the molecule is CCc1c(C#N)c(-c2ccc(-c3ccc(Cl)cc3Cl)cc2)c(C(=O)OC)n1CC. The third kappa shape index (κ3) is 3.76. The van der Waals surface area contributed by atoms with Crippen LogP contribution in [0.4, 0.5) is 0 Å². The van der Waals surface area contributed by atoms with Gasteiger partial charge in [0.25, 0.3) is 0 Å². The molecule has 148 valence electrons. The van der Waals surface area contributed by atoms with Crippen molar-refractivity contribution in [3.63, 3.8) is 0 Å². The Labute approximate surface area is 180 Å². The van der Waals surface area contributed by atoms with E-state index in [2.05, 4.69) is 6.07 Å². The van der Waals surface area contributed by atoms with Gasteiger partial charge in [0.1, 0.15) is 11.8 Å². The summed E-state index contributed by atoms with van der Waals surface area (Å²) in [6.07, 6.45) is 0.638. The lowest BCUT2D eigenvalue weighted by Gasteiger charge is -2.10. The predicted octanol–water partition coefficient (Wildman–Crippen LogP) is 6.37. The van der Waals surface area contributed by atoms with E-state index in [0.29, 0.717) is 39.8 Å². The van der Waals surface area contributed by atoms with Crippen molar-refractivity contribution in [3.05, 3.63) is 69.5 Å². The highest BCUT2D eigenvalue weighted by molar-refractivity contribution is 6.36. The minimum absolute atomic E-state index is 0.403. The van der Waals surface area contributed by atoms with Crippen LogP contribution in [0.2, 0.25) is 10.0 Å². The molecule has 0 N–H and O–H groups in total. The second kappa shape index (κ2) is 8.73. The molecular weight excluding hydrogens is 407 g/mol. The number of carbonyl (C=O) groups is 1. The first-order chi connectivity index (χ1) is 14.0. The summed E-state index contributed by atoms with van der Waals surface area (Å²) in [7, 11) is 1.35. The zero-order valence-corrected chi connectivity index (χ0v) is 17.9. The van der Waals surface area contributed by atoms with Gasteiger partial charge in [-0.3, -0.25) is 0 Å². The lowest BCUT2D eigenvalue weighted by atomic mass is 9.97. The Morgan fingerprint density at radius 1 is 1.10 bits per heavy atom. The molecule has 2 aromatic carbocycles. The highest BCUT2D eigenvalue weighted by Gasteiger charge is 2.27. The van der Waals surface area contributed by atoms with Crippen LogP contribution in [-0.2, 0) is 17.7 Å². The number of nitriles is 1. The summed E-state index contributed by atoms with van der Waals surface area (Å²) >= 11 is 12.3. The topological polar surface area (TPSA) is 55.0 Å². The summed E-state index contributed by atoms with van der Waals surface area (Å²) in [6, 6.07) is 15.3. The molecule has 4 nitrogen and oxygen atoms in total. The second-order valence-corrected chi connectivity index (χ2v) is 7.29. The third-order valence-corrected chi connectivity index (χ3v) is 5.48. The Bertz CT molecular complexity index is 1110. The van der Waals surface area contributed by atoms with Gasteiger partial charge in [-0.05, 0) is 36.6 Å². The molecule has 0 bridgehead atoms. The van der Waals surface area contributed by atoms with Crippen molar-refractivity contribution >= 4 is 29.2 Å². The molecule has 0 aliphatic heterocycles. The van der Waals surface area contributed by atoms with Crippen LogP contribution in [0.1, 0.15) is 35.6 Å². The van der Waals surface area contributed by atoms with E-state index in [1.165, 1.54) is 7.11 Å². The molecule has 0 spiro atoms. The van der Waals surface area contributed by atoms with E-state index in [1.54, 1.807) is 12.1 Å². The quantitative estimate of drug-likeness (QED) is 0.445. The summed E-state index contributed by atoms with van der Waals surface area (Å²) in [4.78, 5) is 12.6. The lowest BCUT2D eigenvalue weighted by molar-refractivity contribution is 0.0589. The van der Waals surface area contributed by atoms with Crippen LogP contribution in [0.15, 0.2) is 42.5 Å². The van der Waals surface area contributed by atoms with Gasteiger partial charge >= 0.3 is 5.97 Å². The molecule has 0 radical (unpaired) electrons. The molecule has 0 amide bonds. The number of ether oxygens (including phenoxy) is 1. The van der Waals surface area contributed by atoms with Crippen LogP contribution in [0.3, 0.4) is 0 Å². The van der Waals surface area contributed by atoms with Crippen LogP contribution < -0.4 is 0 Å². The summed E-state index contributed by atoms with van der Waals surface area (Å²) in [6.45, 7) is 4.49. The lowest BCUT2D eigenvalue weighted by Crippen LogP contribution is -2.12. The molecule has 0 saturated carbocycles. The second-order valence-electron chi connectivity index (χ2n) is 6.45. The average molecular weight is 427 g/mol. The fraction of sp³-hybridized carbons (Fsp3) is 0.217. The van der Waals surface area contributed by atoms with Gasteiger partial charge in [0, 0.05) is 33.4 Å². The maximum absolute atomic E-state index is 12.6. The molecule has 0 aliphatic carbocycles. The van der Waals surface area contributed by atoms with Gasteiger partial charge in [-0.1, -0.05) is 60.5 Å². The largest absolute Gasteiger partial charge is 0.464 e. The first kappa shape index (κ1) is 21.0. The van der Waals surface area contributed by atoms with Crippen molar-refractivity contribution in [2.45, 2.75) is 26.8 Å². The summed E-state index contributed by atoms with van der Waals surface area (Å²) in [5, 5.41) is 11.0. The summed E-state index contributed by atoms with van der Waals surface area (Å²) in [5.74, 6) is -0.456. The highest BCUT2D eigenvalue weighted by Crippen LogP contribution is 2.36. The van der Waals surface area contributed by atoms with E-state index < -0.39 is 5.97 Å². The van der Waals surface area contributed by atoms with Crippen LogP contribution in [0.5, 0.6) is 0 Å². The zero-order valence-electron chi connectivity index (χ0n) is 16.4. The highest BCUT2D eigenvalue weighted by atomic mass is 35.5. The first-order valence-electron chi connectivity index (χ1n) is 9.26. The minimum atomic E-state index is -0.456. The Morgan fingerprint density at radius 2 is 1.76 bits per heavy atom. The van der Waals surface area contributed by atoms with Gasteiger partial charge in [-0.25, -0.2) is 4.79 Å². The number of nitrogens with zero attached hydrogens (tertiary/aromatic N) is 2. The molecule has 0 atom stereocenters. The van der Waals surface area contributed by atoms with Crippen LogP contribution in [0, 0.1) is 11.3 Å². The molecule has 1 heterocycles. The number of carbonyl (C=O) groups excluding carboxylic acids is 1. The Hall–Kier alpha value is -2.74. The van der Waals surface area contributed by atoms with Gasteiger partial charge in [0.05, 0.1) is 12.7 Å². The Kier molecular flexibility index (Phi) is 6.32. The number of methoxy groups -OCH3 is 1. The monoisotopic (exact) mass is 426 g/mol. The first-order valence-corrected chi connectivity index (χ1v) is 10.0. The van der Waals surface area contributed by atoms with Crippen molar-refractivity contribution in [2.24, 2.45) is 0 Å². The van der Waals surface area contributed by atoms with Crippen molar-refractivity contribution in [2.75, 3.05) is 7.11 Å². The van der Waals surface area contributed by atoms with E-state index in [9.17, 15) is 10.1 Å². The summed E-state index contributed by atoms with van der Waals surface area (Å²) < 4.78 is 6.88. The van der Waals surface area contributed by atoms with Crippen molar-refractivity contribution in [1.29, 1.82) is 5.26 Å². The molecular formula is C23H20Cl2N2O2. The molecule has 0 saturated heterocycles. The number of hydrogen-bond acceptors (Lipinski definition) is 3. The van der Waals surface area contributed by atoms with Crippen molar-refractivity contribution < 1.29 is 9.53 Å². The normalized spacial score (nSPS) is 10.6. The standard InChI is InChI=1S/C23H20Cl2N2O2/c1-4-20-18(13-26)21(22(23(28)29-3)27(20)5-2)15-8-6-14(7-9-15)17-11-10-16(24)12-19(17)25/h6-12H,4-5H2,1-3H3. The number of hydrogen-bond donors (Lipinski definition) is 0. The van der Waals surface area contributed by atoms with Crippen molar-refractivity contribution in [1.82, 2.24) is 4.57 Å². The smallest absolute Gasteiger partial charge is 0.355 e. The fourth-order valence-corrected chi connectivity index (χ4v) is 4.15. The molecule has 1 aromatic heterocycles. The van der Waals surface area contributed by atoms with Crippen molar-refractivity contribution in [3.8, 4) is 28.3 Å². The van der Waals surface area contributed by atoms with E-state index in [4.69, 9.17) is 27.9 Å². The maximum Gasteiger partial charge on any atom is 0.355 e. The third-order valence-electron chi connectivity index (χ3n) is 4.93. The Balaban J connectivity index is 2.19. The van der Waals surface area contributed by atoms with E-state index >= 15 is 0 Å². The maximum atomic E-state index is 12.6. The molecule has 29 heavy (non-hydrogen) atoms.